The number of hydrogen-bond acceptors (Lipinski definition) is 2. The molecule has 0 saturated carbocycles. The molecule has 0 spiro atoms. The Morgan fingerprint density at radius 2 is 1.75 bits per heavy atom. The highest BCUT2D eigenvalue weighted by molar-refractivity contribution is 6.18. The van der Waals surface area contributed by atoms with Crippen LogP contribution in [-0.4, -0.2) is 28.3 Å². The van der Waals surface area contributed by atoms with Gasteiger partial charge in [-0.2, -0.15) is 0 Å². The largest absolute Gasteiger partial charge is 0.393 e. The lowest BCUT2D eigenvalue weighted by Gasteiger charge is -2.39. The van der Waals surface area contributed by atoms with Gasteiger partial charge in [-0.25, -0.2) is 0 Å². The first kappa shape index (κ1) is 12.2. The van der Waals surface area contributed by atoms with Gasteiger partial charge in [0.15, 0.2) is 0 Å². The van der Waals surface area contributed by atoms with Crippen LogP contribution in [0.1, 0.15) is 27.7 Å². The highest BCUT2D eigenvalue weighted by Crippen LogP contribution is 2.34. The molecule has 2 atom stereocenters. The fourth-order valence-corrected chi connectivity index (χ4v) is 1.42. The van der Waals surface area contributed by atoms with E-state index in [0.717, 1.165) is 0 Å². The van der Waals surface area contributed by atoms with Crippen molar-refractivity contribution >= 4 is 11.6 Å². The number of rotatable bonds is 3. The molecule has 0 fully saturated rings. The van der Waals surface area contributed by atoms with Gasteiger partial charge < -0.3 is 10.2 Å². The number of halogens is 1. The summed E-state index contributed by atoms with van der Waals surface area (Å²) in [5.41, 5.74) is -1.20. The van der Waals surface area contributed by atoms with Gasteiger partial charge in [0.2, 0.25) is 0 Å². The molecule has 0 aromatic rings. The van der Waals surface area contributed by atoms with Gasteiger partial charge in [0, 0.05) is 0 Å². The van der Waals surface area contributed by atoms with E-state index in [1.165, 1.54) is 0 Å². The van der Waals surface area contributed by atoms with Crippen molar-refractivity contribution in [2.45, 2.75) is 33.3 Å². The average Bonchev–Trinajstić information content (AvgIpc) is 2.00. The lowest BCUT2D eigenvalue weighted by atomic mass is 9.73. The highest BCUT2D eigenvalue weighted by atomic mass is 35.5. The van der Waals surface area contributed by atoms with E-state index >= 15 is 0 Å². The maximum atomic E-state index is 9.85. The fourth-order valence-electron chi connectivity index (χ4n) is 1.10. The van der Waals surface area contributed by atoms with Gasteiger partial charge in [-0.3, -0.25) is 0 Å². The molecule has 0 radical (unpaired) electrons. The van der Waals surface area contributed by atoms with Crippen molar-refractivity contribution in [2.24, 2.45) is 11.3 Å². The molecule has 0 aliphatic heterocycles. The van der Waals surface area contributed by atoms with Crippen LogP contribution in [0.15, 0.2) is 0 Å². The Bertz CT molecular complexity index is 136. The van der Waals surface area contributed by atoms with Crippen LogP contribution in [-0.2, 0) is 0 Å². The van der Waals surface area contributed by atoms with E-state index < -0.39 is 5.60 Å². The average molecular weight is 195 g/mol. The Morgan fingerprint density at radius 3 is 1.83 bits per heavy atom. The van der Waals surface area contributed by atoms with Crippen molar-refractivity contribution in [1.82, 2.24) is 0 Å². The highest BCUT2D eigenvalue weighted by Gasteiger charge is 2.39. The summed E-state index contributed by atoms with van der Waals surface area (Å²) in [5, 5.41) is 18.8. The van der Waals surface area contributed by atoms with Crippen LogP contribution < -0.4 is 0 Å². The van der Waals surface area contributed by atoms with E-state index in [-0.39, 0.29) is 23.8 Å². The van der Waals surface area contributed by atoms with Crippen LogP contribution in [0.5, 0.6) is 0 Å². The molecular formula is C9H19ClO2. The standard InChI is InChI=1S/C9H19ClO2/c1-7(8(2,3)4)9(12,5-10)6-11/h7,11-12H,5-6H2,1-4H3. The van der Waals surface area contributed by atoms with Gasteiger partial charge in [-0.15, -0.1) is 11.6 Å². The van der Waals surface area contributed by atoms with E-state index in [0.29, 0.717) is 0 Å². The number of alkyl halides is 1. The summed E-state index contributed by atoms with van der Waals surface area (Å²) in [4.78, 5) is 0. The summed E-state index contributed by atoms with van der Waals surface area (Å²) in [6.45, 7) is 7.67. The minimum Gasteiger partial charge on any atom is -0.393 e. The first-order valence-electron chi connectivity index (χ1n) is 4.17. The first-order valence-corrected chi connectivity index (χ1v) is 4.70. The molecule has 0 amide bonds. The number of hydrogen-bond donors (Lipinski definition) is 2. The van der Waals surface area contributed by atoms with Crippen molar-refractivity contribution in [2.75, 3.05) is 12.5 Å². The third-order valence-electron chi connectivity index (χ3n) is 2.61. The van der Waals surface area contributed by atoms with Crippen LogP contribution in [0.3, 0.4) is 0 Å². The molecule has 74 valence electrons. The van der Waals surface area contributed by atoms with Crippen LogP contribution in [0.25, 0.3) is 0 Å². The molecule has 0 aromatic carbocycles. The van der Waals surface area contributed by atoms with Crippen molar-refractivity contribution in [3.05, 3.63) is 0 Å². The summed E-state index contributed by atoms with van der Waals surface area (Å²) >= 11 is 5.60. The third-order valence-corrected chi connectivity index (χ3v) is 3.07. The Hall–Kier alpha value is 0.210. The summed E-state index contributed by atoms with van der Waals surface area (Å²) in [7, 11) is 0. The van der Waals surface area contributed by atoms with E-state index in [4.69, 9.17) is 16.7 Å². The zero-order valence-electron chi connectivity index (χ0n) is 8.26. The molecule has 0 saturated heterocycles. The van der Waals surface area contributed by atoms with E-state index in [1.807, 2.05) is 27.7 Å². The molecule has 0 bridgehead atoms. The minimum atomic E-state index is -1.15. The topological polar surface area (TPSA) is 40.5 Å². The van der Waals surface area contributed by atoms with Crippen LogP contribution in [0.2, 0.25) is 0 Å². The zero-order valence-corrected chi connectivity index (χ0v) is 9.02. The summed E-state index contributed by atoms with van der Waals surface area (Å²) < 4.78 is 0. The van der Waals surface area contributed by atoms with Gasteiger partial charge in [-0.05, 0) is 11.3 Å². The SMILES string of the molecule is CC(C(C)(C)C)C(O)(CO)CCl. The number of aliphatic hydroxyl groups is 2. The second kappa shape index (κ2) is 3.95. The third kappa shape index (κ3) is 2.61. The first-order chi connectivity index (χ1) is 5.28. The quantitative estimate of drug-likeness (QED) is 0.671. The lowest BCUT2D eigenvalue weighted by molar-refractivity contribution is -0.0720. The van der Waals surface area contributed by atoms with Gasteiger partial charge in [0.05, 0.1) is 12.5 Å². The number of aliphatic hydroxyl groups excluding tert-OH is 1. The molecule has 2 N–H and O–H groups in total. The van der Waals surface area contributed by atoms with Crippen LogP contribution >= 0.6 is 11.6 Å². The van der Waals surface area contributed by atoms with E-state index in [1.54, 1.807) is 0 Å². The van der Waals surface area contributed by atoms with E-state index in [9.17, 15) is 5.11 Å². The van der Waals surface area contributed by atoms with E-state index in [2.05, 4.69) is 0 Å². The zero-order chi connectivity index (χ0) is 9.99. The van der Waals surface area contributed by atoms with Crippen molar-refractivity contribution in [3.8, 4) is 0 Å². The molecule has 0 aliphatic carbocycles. The molecule has 2 nitrogen and oxygen atoms in total. The summed E-state index contributed by atoms with van der Waals surface area (Å²) in [5.74, 6) is 0.0366. The van der Waals surface area contributed by atoms with Gasteiger partial charge in [-0.1, -0.05) is 27.7 Å². The smallest absolute Gasteiger partial charge is 0.104 e. The Kier molecular flexibility index (Phi) is 4.01. The second-order valence-corrected chi connectivity index (χ2v) is 4.75. The summed E-state index contributed by atoms with van der Waals surface area (Å²) in [6, 6.07) is 0. The van der Waals surface area contributed by atoms with Crippen molar-refractivity contribution < 1.29 is 10.2 Å². The second-order valence-electron chi connectivity index (χ2n) is 4.48. The maximum Gasteiger partial charge on any atom is 0.104 e. The van der Waals surface area contributed by atoms with Crippen LogP contribution in [0, 0.1) is 11.3 Å². The Balaban J connectivity index is 4.53. The predicted molar refractivity (Wildman–Crippen MR) is 51.4 cm³/mol. The normalized spacial score (nSPS) is 20.2. The molecule has 0 aromatic heterocycles. The summed E-state index contributed by atoms with van der Waals surface area (Å²) in [6.07, 6.45) is 0. The van der Waals surface area contributed by atoms with Crippen LogP contribution in [0.4, 0.5) is 0 Å². The van der Waals surface area contributed by atoms with Crippen molar-refractivity contribution in [1.29, 1.82) is 0 Å². The molecule has 0 heterocycles. The minimum absolute atomic E-state index is 0.0347. The monoisotopic (exact) mass is 194 g/mol. The lowest BCUT2D eigenvalue weighted by Crippen LogP contribution is -2.47. The molecule has 0 rings (SSSR count). The van der Waals surface area contributed by atoms with Gasteiger partial charge in [0.25, 0.3) is 0 Å². The molecule has 3 heteroatoms. The maximum absolute atomic E-state index is 9.85. The molecule has 12 heavy (non-hydrogen) atoms. The fraction of sp³-hybridized carbons (Fsp3) is 1.00. The molecule has 2 unspecified atom stereocenters. The Morgan fingerprint density at radius 1 is 1.33 bits per heavy atom. The van der Waals surface area contributed by atoms with Crippen molar-refractivity contribution in [3.63, 3.8) is 0 Å². The van der Waals surface area contributed by atoms with Gasteiger partial charge in [0.1, 0.15) is 5.60 Å². The molecular weight excluding hydrogens is 176 g/mol. The molecule has 0 aliphatic rings. The van der Waals surface area contributed by atoms with Gasteiger partial charge >= 0.3 is 0 Å². The Labute approximate surface area is 79.6 Å². The predicted octanol–water partition coefficient (Wildman–Crippen LogP) is 1.63.